The first-order chi connectivity index (χ1) is 14.3. The van der Waals surface area contributed by atoms with Gasteiger partial charge in [0, 0.05) is 18.1 Å². The molecule has 0 unspecified atom stereocenters. The van der Waals surface area contributed by atoms with E-state index in [9.17, 15) is 17.2 Å². The molecule has 0 saturated heterocycles. The van der Waals surface area contributed by atoms with Gasteiger partial charge in [-0.2, -0.15) is 0 Å². The van der Waals surface area contributed by atoms with Crippen LogP contribution in [0.25, 0.3) is 22.6 Å². The fourth-order valence-corrected chi connectivity index (χ4v) is 3.90. The molecule has 0 aliphatic carbocycles. The van der Waals surface area contributed by atoms with Gasteiger partial charge in [-0.15, -0.1) is 0 Å². The molecule has 1 heterocycles. The molecule has 1 aromatic heterocycles. The van der Waals surface area contributed by atoms with E-state index < -0.39 is 21.7 Å². The Labute approximate surface area is 171 Å². The first-order valence-electron chi connectivity index (χ1n) is 8.94. The van der Waals surface area contributed by atoms with Crippen molar-refractivity contribution in [2.75, 3.05) is 0 Å². The Kier molecular flexibility index (Phi) is 5.19. The van der Waals surface area contributed by atoms with E-state index in [0.717, 1.165) is 17.7 Å². The minimum atomic E-state index is -4.08. The van der Waals surface area contributed by atoms with Crippen LogP contribution in [-0.2, 0) is 16.4 Å². The standard InChI is InChI=1S/C22H16F2N2O3S/c23-15-10-11-16(18(24)13-15)22-21(17-8-4-5-9-19(17)30(25,27)28)26-20(29-22)12-14-6-2-1-3-7-14/h1-11,13H,12H2,(H2,25,27,28). The van der Waals surface area contributed by atoms with Gasteiger partial charge in [0.25, 0.3) is 0 Å². The number of halogens is 2. The summed E-state index contributed by atoms with van der Waals surface area (Å²) in [5, 5.41) is 5.35. The number of nitrogens with zero attached hydrogens (tertiary/aromatic N) is 1. The maximum atomic E-state index is 14.5. The molecule has 0 saturated carbocycles. The van der Waals surface area contributed by atoms with Crippen molar-refractivity contribution in [2.24, 2.45) is 5.14 Å². The minimum Gasteiger partial charge on any atom is -0.440 e. The summed E-state index contributed by atoms with van der Waals surface area (Å²) in [5.41, 5.74) is 1.14. The normalized spacial score (nSPS) is 11.6. The van der Waals surface area contributed by atoms with E-state index in [1.54, 1.807) is 6.07 Å². The van der Waals surface area contributed by atoms with Crippen molar-refractivity contribution in [3.8, 4) is 22.6 Å². The topological polar surface area (TPSA) is 86.2 Å². The molecule has 5 nitrogen and oxygen atoms in total. The number of aromatic nitrogens is 1. The number of benzene rings is 3. The second-order valence-electron chi connectivity index (χ2n) is 6.61. The van der Waals surface area contributed by atoms with Crippen LogP contribution in [0.5, 0.6) is 0 Å². The Bertz CT molecular complexity index is 1320. The SMILES string of the molecule is NS(=O)(=O)c1ccccc1-c1nc(Cc2ccccc2)oc1-c1ccc(F)cc1F. The molecular weight excluding hydrogens is 410 g/mol. The molecule has 2 N–H and O–H groups in total. The number of rotatable bonds is 5. The van der Waals surface area contributed by atoms with Crippen LogP contribution in [-0.4, -0.2) is 13.4 Å². The van der Waals surface area contributed by atoms with Gasteiger partial charge in [0.1, 0.15) is 17.3 Å². The van der Waals surface area contributed by atoms with Crippen LogP contribution in [0.2, 0.25) is 0 Å². The summed E-state index contributed by atoms with van der Waals surface area (Å²) in [6.07, 6.45) is 0.300. The predicted octanol–water partition coefficient (Wildman–Crippen LogP) is 4.53. The van der Waals surface area contributed by atoms with E-state index in [4.69, 9.17) is 9.56 Å². The molecule has 0 bridgehead atoms. The Balaban J connectivity index is 1.93. The van der Waals surface area contributed by atoms with Crippen molar-refractivity contribution in [3.05, 3.63) is 95.9 Å². The van der Waals surface area contributed by atoms with Gasteiger partial charge >= 0.3 is 0 Å². The Morgan fingerprint density at radius 2 is 1.60 bits per heavy atom. The van der Waals surface area contributed by atoms with Gasteiger partial charge in [0.15, 0.2) is 11.7 Å². The largest absolute Gasteiger partial charge is 0.440 e. The van der Waals surface area contributed by atoms with E-state index >= 15 is 0 Å². The molecule has 3 aromatic carbocycles. The molecule has 0 amide bonds. The lowest BCUT2D eigenvalue weighted by molar-refractivity contribution is 0.513. The summed E-state index contributed by atoms with van der Waals surface area (Å²) in [7, 11) is -4.08. The second-order valence-corrected chi connectivity index (χ2v) is 8.14. The van der Waals surface area contributed by atoms with Crippen LogP contribution >= 0.6 is 0 Å². The van der Waals surface area contributed by atoms with Gasteiger partial charge in [0.05, 0.1) is 10.5 Å². The van der Waals surface area contributed by atoms with Gasteiger partial charge < -0.3 is 4.42 Å². The van der Waals surface area contributed by atoms with Gasteiger partial charge in [0.2, 0.25) is 10.0 Å². The lowest BCUT2D eigenvalue weighted by Crippen LogP contribution is -2.13. The van der Waals surface area contributed by atoms with Crippen LogP contribution in [0, 0.1) is 11.6 Å². The third kappa shape index (κ3) is 4.00. The highest BCUT2D eigenvalue weighted by molar-refractivity contribution is 7.89. The first kappa shape index (κ1) is 19.9. The number of sulfonamides is 1. The van der Waals surface area contributed by atoms with E-state index in [1.807, 2.05) is 30.3 Å². The molecule has 0 fully saturated rings. The smallest absolute Gasteiger partial charge is 0.238 e. The van der Waals surface area contributed by atoms with Crippen LogP contribution in [0.4, 0.5) is 8.78 Å². The highest BCUT2D eigenvalue weighted by Gasteiger charge is 2.24. The van der Waals surface area contributed by atoms with Crippen molar-refractivity contribution in [3.63, 3.8) is 0 Å². The van der Waals surface area contributed by atoms with Gasteiger partial charge in [-0.05, 0) is 23.8 Å². The molecular formula is C22H16F2N2O3S. The number of nitrogens with two attached hydrogens (primary N) is 1. The van der Waals surface area contributed by atoms with E-state index in [0.29, 0.717) is 6.42 Å². The Hall–Kier alpha value is -3.36. The van der Waals surface area contributed by atoms with E-state index in [1.165, 1.54) is 24.3 Å². The lowest BCUT2D eigenvalue weighted by atomic mass is 10.1. The maximum Gasteiger partial charge on any atom is 0.238 e. The van der Waals surface area contributed by atoms with Gasteiger partial charge in [-0.1, -0.05) is 48.5 Å². The maximum absolute atomic E-state index is 14.5. The molecule has 4 aromatic rings. The summed E-state index contributed by atoms with van der Waals surface area (Å²) in [4.78, 5) is 4.27. The Morgan fingerprint density at radius 3 is 2.30 bits per heavy atom. The molecule has 152 valence electrons. The summed E-state index contributed by atoms with van der Waals surface area (Å²) < 4.78 is 57.9. The fraction of sp³-hybridized carbons (Fsp3) is 0.0455. The first-order valence-corrected chi connectivity index (χ1v) is 10.5. The third-order valence-corrected chi connectivity index (χ3v) is 5.46. The summed E-state index contributed by atoms with van der Waals surface area (Å²) in [6, 6.07) is 18.3. The highest BCUT2D eigenvalue weighted by Crippen LogP contribution is 2.37. The Morgan fingerprint density at radius 1 is 0.900 bits per heavy atom. The quantitative estimate of drug-likeness (QED) is 0.508. The molecule has 0 aliphatic heterocycles. The molecule has 0 radical (unpaired) electrons. The number of oxazole rings is 1. The molecule has 4 rings (SSSR count). The van der Waals surface area contributed by atoms with Crippen molar-refractivity contribution in [1.29, 1.82) is 0 Å². The predicted molar refractivity (Wildman–Crippen MR) is 108 cm³/mol. The van der Waals surface area contributed by atoms with Crippen molar-refractivity contribution >= 4 is 10.0 Å². The van der Waals surface area contributed by atoms with Gasteiger partial charge in [-0.25, -0.2) is 27.3 Å². The van der Waals surface area contributed by atoms with Crippen molar-refractivity contribution < 1.29 is 21.6 Å². The van der Waals surface area contributed by atoms with Crippen LogP contribution < -0.4 is 5.14 Å². The zero-order chi connectivity index (χ0) is 21.3. The zero-order valence-corrected chi connectivity index (χ0v) is 16.4. The monoisotopic (exact) mass is 426 g/mol. The highest BCUT2D eigenvalue weighted by atomic mass is 32.2. The van der Waals surface area contributed by atoms with Crippen LogP contribution in [0.15, 0.2) is 82.1 Å². The summed E-state index contributed by atoms with van der Waals surface area (Å²) >= 11 is 0. The number of hydrogen-bond donors (Lipinski definition) is 1. The van der Waals surface area contributed by atoms with Crippen LogP contribution in [0.3, 0.4) is 0 Å². The molecule has 0 aliphatic rings. The van der Waals surface area contributed by atoms with Crippen molar-refractivity contribution in [2.45, 2.75) is 11.3 Å². The van der Waals surface area contributed by atoms with E-state index in [-0.39, 0.29) is 33.4 Å². The van der Waals surface area contributed by atoms with Crippen molar-refractivity contribution in [1.82, 2.24) is 4.98 Å². The van der Waals surface area contributed by atoms with E-state index in [2.05, 4.69) is 4.98 Å². The molecule has 0 atom stereocenters. The number of hydrogen-bond acceptors (Lipinski definition) is 4. The average Bonchev–Trinajstić information content (AvgIpc) is 3.11. The zero-order valence-electron chi connectivity index (χ0n) is 15.5. The second kappa shape index (κ2) is 7.81. The van der Waals surface area contributed by atoms with Gasteiger partial charge in [-0.3, -0.25) is 0 Å². The minimum absolute atomic E-state index is 0.00506. The molecule has 8 heteroatoms. The molecule has 0 spiro atoms. The number of primary sulfonamides is 1. The fourth-order valence-electron chi connectivity index (χ4n) is 3.16. The van der Waals surface area contributed by atoms with Crippen LogP contribution in [0.1, 0.15) is 11.5 Å². The lowest BCUT2D eigenvalue weighted by Gasteiger charge is -2.07. The summed E-state index contributed by atoms with van der Waals surface area (Å²) in [6.45, 7) is 0. The average molecular weight is 426 g/mol. The third-order valence-electron chi connectivity index (χ3n) is 4.49. The summed E-state index contributed by atoms with van der Waals surface area (Å²) in [5.74, 6) is -1.35. The molecule has 30 heavy (non-hydrogen) atoms.